The molecule has 0 bridgehead atoms. The van der Waals surface area contributed by atoms with Gasteiger partial charge < -0.3 is 19.9 Å². The van der Waals surface area contributed by atoms with Crippen molar-refractivity contribution < 1.29 is 35.8 Å². The third kappa shape index (κ3) is 6.55. The zero-order chi connectivity index (χ0) is 29.3. The minimum atomic E-state index is -4.08. The van der Waals surface area contributed by atoms with Crippen LogP contribution in [0.4, 0.5) is 4.39 Å². The van der Waals surface area contributed by atoms with E-state index in [1.54, 1.807) is 36.5 Å². The van der Waals surface area contributed by atoms with E-state index >= 15 is 0 Å². The van der Waals surface area contributed by atoms with Gasteiger partial charge in [0.1, 0.15) is 18.5 Å². The number of hydrogen-bond donors (Lipinski definition) is 2. The molecule has 2 aliphatic heterocycles. The van der Waals surface area contributed by atoms with Gasteiger partial charge in [-0.05, 0) is 68.7 Å². The Morgan fingerprint density at radius 3 is 2.66 bits per heavy atom. The molecule has 13 heteroatoms. The molecule has 0 radical (unpaired) electrons. The van der Waals surface area contributed by atoms with Crippen LogP contribution in [-0.2, 0) is 24.6 Å². The van der Waals surface area contributed by atoms with Gasteiger partial charge in [-0.1, -0.05) is 12.1 Å². The van der Waals surface area contributed by atoms with Crippen LogP contribution in [0.5, 0.6) is 5.75 Å². The van der Waals surface area contributed by atoms with Gasteiger partial charge in [-0.3, -0.25) is 4.98 Å². The number of rotatable bonds is 10. The maximum atomic E-state index is 13.5. The molecule has 2 fully saturated rings. The molecule has 2 N–H and O–H groups in total. The largest absolute Gasteiger partial charge is 0.491 e. The highest BCUT2D eigenvalue weighted by Gasteiger charge is 2.44. The van der Waals surface area contributed by atoms with E-state index in [4.69, 9.17) is 9.47 Å². The smallest absolute Gasteiger partial charge is 0.243 e. The second-order valence-corrected chi connectivity index (χ2v) is 14.7. The third-order valence-corrected chi connectivity index (χ3v) is 11.4. The molecule has 222 valence electrons. The molecule has 0 aliphatic carbocycles. The quantitative estimate of drug-likeness (QED) is 0.357. The topological polar surface area (TPSA) is 135 Å². The molecule has 1 spiro atoms. The van der Waals surface area contributed by atoms with E-state index in [9.17, 15) is 26.3 Å². The van der Waals surface area contributed by atoms with Gasteiger partial charge in [0.25, 0.3) is 0 Å². The fourth-order valence-corrected chi connectivity index (χ4v) is 7.70. The number of aromatic nitrogens is 1. The molecule has 3 atom stereocenters. The van der Waals surface area contributed by atoms with Crippen LogP contribution in [0, 0.1) is 0 Å². The number of sulfone groups is 1. The van der Waals surface area contributed by atoms with Crippen molar-refractivity contribution in [2.75, 3.05) is 32.8 Å². The number of hydrogen-bond acceptors (Lipinski definition) is 9. The third-order valence-electron chi connectivity index (χ3n) is 7.70. The molecule has 0 saturated carbocycles. The number of alkyl halides is 1. The molecule has 3 aromatic rings. The molecule has 10 nitrogen and oxygen atoms in total. The van der Waals surface area contributed by atoms with Gasteiger partial charge in [0.15, 0.2) is 0 Å². The second kappa shape index (κ2) is 11.9. The maximum Gasteiger partial charge on any atom is 0.243 e. The van der Waals surface area contributed by atoms with Crippen molar-refractivity contribution in [3.63, 3.8) is 0 Å². The summed E-state index contributed by atoms with van der Waals surface area (Å²) in [6.45, 7) is 2.25. The lowest BCUT2D eigenvalue weighted by Gasteiger charge is -2.38. The summed E-state index contributed by atoms with van der Waals surface area (Å²) in [4.78, 5) is 4.32. The number of benzene rings is 2. The Labute approximate surface area is 239 Å². The molecule has 3 heterocycles. The molecule has 0 amide bonds. The fourth-order valence-electron chi connectivity index (χ4n) is 5.30. The molecule has 1 unspecified atom stereocenters. The van der Waals surface area contributed by atoms with Gasteiger partial charge in [0, 0.05) is 37.3 Å². The molecular formula is C28H34FN3O7S2. The van der Waals surface area contributed by atoms with E-state index in [0.717, 1.165) is 17.8 Å². The SMILES string of the molecule is CC(F)S(=O)(=O)c1cccc(OC[C@@H](O)CN[C@H]2COC3(CCN(S(=O)(=O)c4ccc5ncccc5c4)CC3)C2)c1. The first-order chi connectivity index (χ1) is 19.5. The van der Waals surface area contributed by atoms with Crippen LogP contribution in [0.25, 0.3) is 10.9 Å². The Hall–Kier alpha value is -2.68. The summed E-state index contributed by atoms with van der Waals surface area (Å²) in [7, 11) is -7.72. The first kappa shape index (κ1) is 29.8. The van der Waals surface area contributed by atoms with Gasteiger partial charge >= 0.3 is 0 Å². The van der Waals surface area contributed by atoms with Crippen molar-refractivity contribution in [3.05, 3.63) is 60.8 Å². The molecule has 5 rings (SSSR count). The lowest BCUT2D eigenvalue weighted by atomic mass is 9.88. The minimum absolute atomic E-state index is 0.0136. The summed E-state index contributed by atoms with van der Waals surface area (Å²) in [6, 6.07) is 14.1. The average molecular weight is 608 g/mol. The monoisotopic (exact) mass is 607 g/mol. The zero-order valence-corrected chi connectivity index (χ0v) is 24.3. The number of piperidine rings is 1. The van der Waals surface area contributed by atoms with Crippen molar-refractivity contribution in [1.29, 1.82) is 0 Å². The van der Waals surface area contributed by atoms with E-state index in [1.165, 1.54) is 22.5 Å². The highest BCUT2D eigenvalue weighted by molar-refractivity contribution is 7.91. The van der Waals surface area contributed by atoms with Crippen LogP contribution in [0.3, 0.4) is 0 Å². The molecule has 1 aromatic heterocycles. The Morgan fingerprint density at radius 1 is 1.12 bits per heavy atom. The van der Waals surface area contributed by atoms with Crippen LogP contribution in [0.2, 0.25) is 0 Å². The maximum absolute atomic E-state index is 13.5. The first-order valence-electron chi connectivity index (χ1n) is 13.5. The van der Waals surface area contributed by atoms with Gasteiger partial charge in [0.05, 0.1) is 27.5 Å². The number of sulfonamides is 1. The van der Waals surface area contributed by atoms with Gasteiger partial charge in [-0.2, -0.15) is 4.31 Å². The zero-order valence-electron chi connectivity index (χ0n) is 22.6. The highest BCUT2D eigenvalue weighted by Crippen LogP contribution is 2.37. The predicted octanol–water partition coefficient (Wildman–Crippen LogP) is 2.67. The molecule has 2 saturated heterocycles. The van der Waals surface area contributed by atoms with Crippen molar-refractivity contribution in [2.24, 2.45) is 0 Å². The number of nitrogens with zero attached hydrogens (tertiary/aromatic N) is 2. The number of pyridine rings is 1. The number of halogens is 1. The van der Waals surface area contributed by atoms with Crippen LogP contribution in [0.1, 0.15) is 26.2 Å². The summed E-state index contributed by atoms with van der Waals surface area (Å²) in [5.74, 6) is 0.219. The summed E-state index contributed by atoms with van der Waals surface area (Å²) in [5.41, 5.74) is -1.72. The number of nitrogens with one attached hydrogen (secondary N) is 1. The lowest BCUT2D eigenvalue weighted by Crippen LogP contribution is -2.47. The van der Waals surface area contributed by atoms with Crippen LogP contribution >= 0.6 is 0 Å². The van der Waals surface area contributed by atoms with Crippen LogP contribution < -0.4 is 10.1 Å². The van der Waals surface area contributed by atoms with Gasteiger partial charge in [-0.15, -0.1) is 0 Å². The van der Waals surface area contributed by atoms with E-state index in [2.05, 4.69) is 10.3 Å². The number of aliphatic hydroxyl groups excluding tert-OH is 1. The van der Waals surface area contributed by atoms with Crippen molar-refractivity contribution in [3.8, 4) is 5.75 Å². The van der Waals surface area contributed by atoms with E-state index in [-0.39, 0.29) is 34.7 Å². The van der Waals surface area contributed by atoms with Crippen LogP contribution in [-0.4, -0.2) is 87.3 Å². The van der Waals surface area contributed by atoms with E-state index in [1.807, 2.05) is 6.07 Å². The average Bonchev–Trinajstić information content (AvgIpc) is 3.37. The normalized spacial score (nSPS) is 21.2. The molecular weight excluding hydrogens is 573 g/mol. The van der Waals surface area contributed by atoms with Gasteiger partial charge in [-0.25, -0.2) is 21.2 Å². The van der Waals surface area contributed by atoms with Crippen molar-refractivity contribution >= 4 is 30.8 Å². The predicted molar refractivity (Wildman–Crippen MR) is 151 cm³/mol. The standard InChI is InChI=1S/C28H34FN3O7S2/c1-20(29)40(34,35)25-6-2-5-24(15-25)38-19-23(33)17-31-22-16-28(39-18-22)9-12-32(13-10-28)41(36,37)26-7-8-27-21(14-26)4-3-11-30-27/h2-8,11,14-15,20,22-23,31,33H,9-10,12-13,16-19H2,1H3/t20?,22-,23+/m1/s1. The molecule has 41 heavy (non-hydrogen) atoms. The van der Waals surface area contributed by atoms with Crippen molar-refractivity contribution in [1.82, 2.24) is 14.6 Å². The summed E-state index contributed by atoms with van der Waals surface area (Å²) >= 11 is 0. The fraction of sp³-hybridized carbons (Fsp3) is 0.464. The Morgan fingerprint density at radius 2 is 1.90 bits per heavy atom. The summed E-state index contributed by atoms with van der Waals surface area (Å²) in [5, 5.41) is 14.5. The Bertz CT molecular complexity index is 1590. The number of aliphatic hydroxyl groups is 1. The lowest BCUT2D eigenvalue weighted by molar-refractivity contribution is -0.0312. The van der Waals surface area contributed by atoms with Crippen molar-refractivity contribution in [2.45, 2.75) is 59.2 Å². The highest BCUT2D eigenvalue weighted by atomic mass is 32.2. The van der Waals surface area contributed by atoms with E-state index in [0.29, 0.717) is 39.0 Å². The second-order valence-electron chi connectivity index (χ2n) is 10.6. The van der Waals surface area contributed by atoms with Gasteiger partial charge in [0.2, 0.25) is 25.4 Å². The molecule has 2 aliphatic rings. The minimum Gasteiger partial charge on any atom is -0.491 e. The summed E-state index contributed by atoms with van der Waals surface area (Å²) < 4.78 is 77.3. The molecule has 2 aromatic carbocycles. The number of fused-ring (bicyclic) bond motifs is 1. The Kier molecular flexibility index (Phi) is 8.65. The summed E-state index contributed by atoms with van der Waals surface area (Å²) in [6.07, 6.45) is 2.63. The van der Waals surface area contributed by atoms with Crippen LogP contribution in [0.15, 0.2) is 70.6 Å². The van der Waals surface area contributed by atoms with E-state index < -0.39 is 37.1 Å². The first-order valence-corrected chi connectivity index (χ1v) is 16.5. The number of ether oxygens (including phenoxy) is 2. The Balaban J connectivity index is 1.09.